The van der Waals surface area contributed by atoms with Crippen molar-refractivity contribution < 1.29 is 4.39 Å². The van der Waals surface area contributed by atoms with E-state index in [4.69, 9.17) is 0 Å². The average Bonchev–Trinajstić information content (AvgIpc) is 2.91. The number of rotatable bonds is 3. The Bertz CT molecular complexity index is 1010. The van der Waals surface area contributed by atoms with E-state index < -0.39 is 0 Å². The molecule has 5 nitrogen and oxygen atoms in total. The molecule has 118 valence electrons. The van der Waals surface area contributed by atoms with Crippen molar-refractivity contribution in [3.05, 3.63) is 72.6 Å². The molecule has 1 aromatic carbocycles. The summed E-state index contributed by atoms with van der Waals surface area (Å²) in [4.78, 5) is 13.3. The van der Waals surface area contributed by atoms with E-state index in [0.29, 0.717) is 17.2 Å². The molecule has 6 heteroatoms. The number of aromatic nitrogens is 4. The average molecular weight is 319 g/mol. The Labute approximate surface area is 137 Å². The summed E-state index contributed by atoms with van der Waals surface area (Å²) in [5.41, 5.74) is 3.73. The molecule has 24 heavy (non-hydrogen) atoms. The molecule has 0 aliphatic heterocycles. The third kappa shape index (κ3) is 2.58. The molecular formula is C18H14FN5. The van der Waals surface area contributed by atoms with Gasteiger partial charge in [-0.15, -0.1) is 0 Å². The molecule has 3 heterocycles. The smallest absolute Gasteiger partial charge is 0.149 e. The van der Waals surface area contributed by atoms with Gasteiger partial charge in [-0.25, -0.2) is 14.4 Å². The van der Waals surface area contributed by atoms with Crippen LogP contribution >= 0.6 is 0 Å². The monoisotopic (exact) mass is 319 g/mol. The number of para-hydroxylation sites is 1. The fraction of sp³-hybridized carbons (Fsp3) is 0.0556. The van der Waals surface area contributed by atoms with E-state index in [9.17, 15) is 4.39 Å². The van der Waals surface area contributed by atoms with E-state index in [2.05, 4.69) is 20.3 Å². The van der Waals surface area contributed by atoms with Crippen LogP contribution in [0.15, 0.2) is 61.1 Å². The van der Waals surface area contributed by atoms with Crippen LogP contribution in [0.4, 0.5) is 15.9 Å². The SMILES string of the molecule is Cc1nc2ccc(F)cn2c1-c1cncc(Nc2ccccc2)n1. The highest BCUT2D eigenvalue weighted by atomic mass is 19.1. The molecule has 0 aliphatic carbocycles. The number of fused-ring (bicyclic) bond motifs is 1. The Morgan fingerprint density at radius 1 is 1.00 bits per heavy atom. The number of anilines is 2. The maximum absolute atomic E-state index is 13.6. The van der Waals surface area contributed by atoms with Gasteiger partial charge in [-0.2, -0.15) is 0 Å². The molecule has 3 aromatic heterocycles. The van der Waals surface area contributed by atoms with Crippen LogP contribution in [0.5, 0.6) is 0 Å². The van der Waals surface area contributed by atoms with Gasteiger partial charge >= 0.3 is 0 Å². The van der Waals surface area contributed by atoms with Gasteiger partial charge in [-0.1, -0.05) is 18.2 Å². The molecule has 0 atom stereocenters. The summed E-state index contributed by atoms with van der Waals surface area (Å²) in [5, 5.41) is 3.21. The van der Waals surface area contributed by atoms with Crippen LogP contribution in [-0.4, -0.2) is 19.4 Å². The molecule has 0 radical (unpaired) electrons. The van der Waals surface area contributed by atoms with Crippen molar-refractivity contribution in [2.45, 2.75) is 6.92 Å². The van der Waals surface area contributed by atoms with E-state index in [1.54, 1.807) is 22.9 Å². The van der Waals surface area contributed by atoms with E-state index in [1.807, 2.05) is 37.3 Å². The van der Waals surface area contributed by atoms with Gasteiger partial charge in [-0.3, -0.25) is 9.38 Å². The maximum atomic E-state index is 13.6. The maximum Gasteiger partial charge on any atom is 0.149 e. The first-order valence-electron chi connectivity index (χ1n) is 7.49. The van der Waals surface area contributed by atoms with Gasteiger partial charge in [0.25, 0.3) is 0 Å². The molecule has 0 saturated heterocycles. The zero-order valence-corrected chi connectivity index (χ0v) is 12.9. The number of aryl methyl sites for hydroxylation is 1. The lowest BCUT2D eigenvalue weighted by molar-refractivity contribution is 0.619. The quantitative estimate of drug-likeness (QED) is 0.620. The van der Waals surface area contributed by atoms with Gasteiger partial charge in [0.2, 0.25) is 0 Å². The van der Waals surface area contributed by atoms with Crippen molar-refractivity contribution in [1.29, 1.82) is 0 Å². The Morgan fingerprint density at radius 2 is 1.83 bits per heavy atom. The Morgan fingerprint density at radius 3 is 2.67 bits per heavy atom. The fourth-order valence-electron chi connectivity index (χ4n) is 2.65. The van der Waals surface area contributed by atoms with Gasteiger partial charge in [0.15, 0.2) is 0 Å². The highest BCUT2D eigenvalue weighted by Gasteiger charge is 2.13. The minimum atomic E-state index is -0.326. The van der Waals surface area contributed by atoms with Crippen molar-refractivity contribution in [1.82, 2.24) is 19.4 Å². The number of nitrogens with one attached hydrogen (secondary N) is 1. The van der Waals surface area contributed by atoms with Crippen LogP contribution in [0.2, 0.25) is 0 Å². The summed E-state index contributed by atoms with van der Waals surface area (Å²) in [6.45, 7) is 1.87. The lowest BCUT2D eigenvalue weighted by Gasteiger charge is -2.07. The van der Waals surface area contributed by atoms with Crippen molar-refractivity contribution >= 4 is 17.2 Å². The van der Waals surface area contributed by atoms with Crippen LogP contribution < -0.4 is 5.32 Å². The van der Waals surface area contributed by atoms with Crippen molar-refractivity contribution in [3.63, 3.8) is 0 Å². The Hall–Kier alpha value is -3.28. The van der Waals surface area contributed by atoms with Gasteiger partial charge in [0.05, 0.1) is 23.8 Å². The summed E-state index contributed by atoms with van der Waals surface area (Å²) in [7, 11) is 0. The molecule has 0 amide bonds. The molecule has 0 aliphatic rings. The molecular weight excluding hydrogens is 305 g/mol. The minimum Gasteiger partial charge on any atom is -0.339 e. The number of halogens is 1. The zero-order valence-electron chi connectivity index (χ0n) is 12.9. The number of benzene rings is 1. The number of pyridine rings is 1. The fourth-order valence-corrected chi connectivity index (χ4v) is 2.65. The summed E-state index contributed by atoms with van der Waals surface area (Å²) in [5.74, 6) is 0.289. The van der Waals surface area contributed by atoms with E-state index in [0.717, 1.165) is 17.1 Å². The van der Waals surface area contributed by atoms with Crippen LogP contribution in [0.3, 0.4) is 0 Å². The number of hydrogen-bond donors (Lipinski definition) is 1. The topological polar surface area (TPSA) is 55.1 Å². The first-order valence-corrected chi connectivity index (χ1v) is 7.49. The summed E-state index contributed by atoms with van der Waals surface area (Å²) >= 11 is 0. The number of nitrogens with zero attached hydrogens (tertiary/aromatic N) is 4. The molecule has 0 unspecified atom stereocenters. The number of imidazole rings is 1. The Balaban J connectivity index is 1.79. The van der Waals surface area contributed by atoms with E-state index in [-0.39, 0.29) is 5.82 Å². The summed E-state index contributed by atoms with van der Waals surface area (Å²) in [6, 6.07) is 12.8. The molecule has 0 spiro atoms. The van der Waals surface area contributed by atoms with Crippen LogP contribution in [0.25, 0.3) is 17.0 Å². The largest absolute Gasteiger partial charge is 0.339 e. The van der Waals surface area contributed by atoms with Crippen LogP contribution in [0, 0.1) is 12.7 Å². The molecule has 0 bridgehead atoms. The van der Waals surface area contributed by atoms with Crippen LogP contribution in [-0.2, 0) is 0 Å². The van der Waals surface area contributed by atoms with E-state index in [1.165, 1.54) is 12.3 Å². The van der Waals surface area contributed by atoms with E-state index >= 15 is 0 Å². The highest BCUT2D eigenvalue weighted by molar-refractivity contribution is 5.65. The van der Waals surface area contributed by atoms with Gasteiger partial charge in [0.1, 0.15) is 23.0 Å². The second-order valence-corrected chi connectivity index (χ2v) is 5.40. The Kier molecular flexibility index (Phi) is 3.42. The van der Waals surface area contributed by atoms with Gasteiger partial charge in [-0.05, 0) is 31.2 Å². The molecule has 4 aromatic rings. The molecule has 0 fully saturated rings. The van der Waals surface area contributed by atoms with Gasteiger partial charge < -0.3 is 5.32 Å². The second-order valence-electron chi connectivity index (χ2n) is 5.40. The molecule has 0 saturated carbocycles. The summed E-state index contributed by atoms with van der Waals surface area (Å²) < 4.78 is 15.3. The lowest BCUT2D eigenvalue weighted by Crippen LogP contribution is -1.98. The third-order valence-electron chi connectivity index (χ3n) is 3.68. The molecule has 4 rings (SSSR count). The first-order chi connectivity index (χ1) is 11.7. The lowest BCUT2D eigenvalue weighted by atomic mass is 10.2. The third-order valence-corrected chi connectivity index (χ3v) is 3.68. The normalized spacial score (nSPS) is 10.9. The van der Waals surface area contributed by atoms with Crippen LogP contribution in [0.1, 0.15) is 5.69 Å². The highest BCUT2D eigenvalue weighted by Crippen LogP contribution is 2.24. The standard InChI is InChI=1S/C18H14FN5/c1-12-18(24-11-13(19)7-8-17(24)21-12)15-9-20-10-16(23-15)22-14-5-3-2-4-6-14/h2-11H,1H3,(H,22,23). The van der Waals surface area contributed by atoms with Crippen molar-refractivity contribution in [3.8, 4) is 11.4 Å². The molecule has 1 N–H and O–H groups in total. The number of hydrogen-bond acceptors (Lipinski definition) is 4. The van der Waals surface area contributed by atoms with Crippen molar-refractivity contribution in [2.24, 2.45) is 0 Å². The van der Waals surface area contributed by atoms with Crippen molar-refractivity contribution in [2.75, 3.05) is 5.32 Å². The minimum absolute atomic E-state index is 0.326. The zero-order chi connectivity index (χ0) is 16.5. The van der Waals surface area contributed by atoms with Gasteiger partial charge in [0, 0.05) is 11.9 Å². The predicted octanol–water partition coefficient (Wildman–Crippen LogP) is 3.98. The first kappa shape index (κ1) is 14.3. The summed E-state index contributed by atoms with van der Waals surface area (Å²) in [6.07, 6.45) is 4.71. The predicted molar refractivity (Wildman–Crippen MR) is 90.6 cm³/mol. The second kappa shape index (κ2) is 5.73.